The third-order valence-corrected chi connectivity index (χ3v) is 14.1. The number of fused-ring (bicyclic) bond motifs is 1. The van der Waals surface area contributed by atoms with E-state index in [1.165, 1.54) is 17.5 Å². The number of ether oxygens (including phenoxy) is 3. The zero-order valence-electron chi connectivity index (χ0n) is 37.3. The molecule has 4 N–H and O–H groups in total. The van der Waals surface area contributed by atoms with Crippen LogP contribution in [0.2, 0.25) is 10.0 Å². The summed E-state index contributed by atoms with van der Waals surface area (Å²) >= 11 is 12.9. The van der Waals surface area contributed by atoms with Crippen LogP contribution in [0.5, 0.6) is 5.75 Å². The van der Waals surface area contributed by atoms with Gasteiger partial charge in [-0.1, -0.05) is 86.6 Å². The molecule has 15 heteroatoms. The summed E-state index contributed by atoms with van der Waals surface area (Å²) in [6.07, 6.45) is 9.10. The molecule has 7 rings (SSSR count). The Morgan fingerprint density at radius 3 is 2.49 bits per heavy atom. The predicted molar refractivity (Wildman–Crippen MR) is 247 cm³/mol. The first-order chi connectivity index (χ1) is 30.3. The van der Waals surface area contributed by atoms with E-state index in [1.807, 2.05) is 37.3 Å². The molecule has 0 saturated carbocycles. The number of primary amides is 1. The van der Waals surface area contributed by atoms with Crippen LogP contribution >= 0.6 is 23.2 Å². The second-order valence-corrected chi connectivity index (χ2v) is 18.7. The molecule has 0 bridgehead atoms. The van der Waals surface area contributed by atoms with Gasteiger partial charge >= 0.3 is 0 Å². The zero-order chi connectivity index (χ0) is 44.8. The first kappa shape index (κ1) is 46.7. The van der Waals surface area contributed by atoms with Crippen molar-refractivity contribution in [3.05, 3.63) is 106 Å². The molecule has 340 valence electrons. The molecule has 1 aromatic heterocycles. The largest absolute Gasteiger partial charge is 0.491 e. The predicted octanol–water partition coefficient (Wildman–Crippen LogP) is 6.93. The van der Waals surface area contributed by atoms with Crippen LogP contribution in [0.4, 0.5) is 5.69 Å². The number of piperazine rings is 1. The Balaban J connectivity index is 1.09. The normalized spacial score (nSPS) is 24.8. The molecule has 2 aliphatic heterocycles. The maximum atomic E-state index is 15.0. The Kier molecular flexibility index (Phi) is 15.1. The molecule has 13 nitrogen and oxygen atoms in total. The Hall–Kier alpha value is -4.24. The zero-order valence-corrected chi connectivity index (χ0v) is 38.8. The molecule has 2 saturated heterocycles. The summed E-state index contributed by atoms with van der Waals surface area (Å²) in [4.78, 5) is 37.5. The maximum absolute atomic E-state index is 15.0. The molecule has 2 amide bonds. The number of anilines is 1. The molecule has 4 unspecified atom stereocenters. The van der Waals surface area contributed by atoms with E-state index < -0.39 is 34.9 Å². The highest BCUT2D eigenvalue weighted by Crippen LogP contribution is 2.41. The molecule has 3 aromatic carbocycles. The van der Waals surface area contributed by atoms with Gasteiger partial charge in [-0.3, -0.25) is 14.5 Å². The fourth-order valence-electron chi connectivity index (χ4n) is 9.59. The Morgan fingerprint density at radius 2 is 1.81 bits per heavy atom. The molecule has 3 aliphatic rings. The second kappa shape index (κ2) is 20.3. The molecule has 0 radical (unpaired) electrons. The number of nitrogens with zero attached hydrogens (tertiary/aromatic N) is 5. The van der Waals surface area contributed by atoms with Crippen molar-refractivity contribution in [3.63, 3.8) is 0 Å². The van der Waals surface area contributed by atoms with E-state index in [2.05, 4.69) is 76.4 Å². The Morgan fingerprint density at radius 1 is 1.03 bits per heavy atom. The van der Waals surface area contributed by atoms with Crippen molar-refractivity contribution in [2.45, 2.75) is 121 Å². The van der Waals surface area contributed by atoms with Gasteiger partial charge in [-0.05, 0) is 106 Å². The number of hydrogen-bond acceptors (Lipinski definition) is 10. The van der Waals surface area contributed by atoms with Crippen molar-refractivity contribution in [2.75, 3.05) is 44.3 Å². The molecular weight excluding hydrogens is 839 g/mol. The monoisotopic (exact) mass is 902 g/mol. The van der Waals surface area contributed by atoms with Crippen LogP contribution in [0.3, 0.4) is 0 Å². The van der Waals surface area contributed by atoms with Gasteiger partial charge in [0, 0.05) is 41.9 Å². The van der Waals surface area contributed by atoms with Gasteiger partial charge in [0.1, 0.15) is 43.2 Å². The number of rotatable bonds is 19. The summed E-state index contributed by atoms with van der Waals surface area (Å²) in [6.45, 7) is 13.6. The van der Waals surface area contributed by atoms with E-state index in [-0.39, 0.29) is 31.7 Å². The molecule has 3 heterocycles. The highest BCUT2D eigenvalue weighted by molar-refractivity contribution is 6.35. The van der Waals surface area contributed by atoms with Gasteiger partial charge in [-0.15, -0.1) is 0 Å². The van der Waals surface area contributed by atoms with Crippen LogP contribution in [0.15, 0.2) is 79.4 Å². The molecule has 2 fully saturated rings. The van der Waals surface area contributed by atoms with E-state index in [4.69, 9.17) is 43.1 Å². The van der Waals surface area contributed by atoms with Crippen LogP contribution in [-0.2, 0) is 44.2 Å². The number of aromatic nitrogens is 3. The maximum Gasteiger partial charge on any atom is 0.246 e. The number of unbranched alkanes of at least 4 members (excludes halogenated alkanes) is 1. The van der Waals surface area contributed by atoms with Crippen molar-refractivity contribution in [1.82, 2.24) is 30.3 Å². The first-order valence-corrected chi connectivity index (χ1v) is 23.3. The van der Waals surface area contributed by atoms with Gasteiger partial charge < -0.3 is 35.5 Å². The number of benzene rings is 3. The highest BCUT2D eigenvalue weighted by atomic mass is 35.5. The molecule has 1 aliphatic carbocycles. The number of hydrogen-bond donors (Lipinski definition) is 3. The lowest BCUT2D eigenvalue weighted by molar-refractivity contribution is -0.190. The van der Waals surface area contributed by atoms with E-state index >= 15 is 0 Å². The summed E-state index contributed by atoms with van der Waals surface area (Å²) in [5.41, 5.74) is 8.33. The van der Waals surface area contributed by atoms with E-state index in [0.29, 0.717) is 53.2 Å². The lowest BCUT2D eigenvalue weighted by Gasteiger charge is -2.54. The number of nitrogens with two attached hydrogens (primary N) is 1. The number of carbonyl (C=O) groups is 2. The molecule has 4 aromatic rings. The number of carbonyl (C=O) groups excluding carboxylic acids is 2. The standard InChI is InChI=1S/C48H64Cl2N8O5/c1-6-8-11-35(7-2)26-53-46(21-20-36-12-9-10-13-37(36)25-46)45(60)55-34(5)47(44(51)59)29-56(33(3)4)22-23-58(47)39-15-17-40(18-16-39)61-27-41-28-62-48(63-41,30-57-32-52-31-54-57)42-19-14-38(49)24-43(42)50/h9-10,12-19,24,31-35,41,53H,6-8,11,20-23,25-30H2,1-5H3,(H2,51,59)(H,55,60)/t34?,35?,41-,46?,47?,48-/m1/s1. The van der Waals surface area contributed by atoms with Crippen molar-refractivity contribution in [2.24, 2.45) is 11.7 Å². The van der Waals surface area contributed by atoms with Crippen LogP contribution in [0.1, 0.15) is 83.4 Å². The molecular formula is C48H64Cl2N8O5. The average molecular weight is 904 g/mol. The van der Waals surface area contributed by atoms with E-state index in [0.717, 1.165) is 50.9 Å². The third-order valence-electron chi connectivity index (χ3n) is 13.5. The van der Waals surface area contributed by atoms with E-state index in [1.54, 1.807) is 29.2 Å². The van der Waals surface area contributed by atoms with Crippen LogP contribution in [0.25, 0.3) is 0 Å². The van der Waals surface area contributed by atoms with Crippen molar-refractivity contribution in [3.8, 4) is 5.75 Å². The third kappa shape index (κ3) is 10.2. The summed E-state index contributed by atoms with van der Waals surface area (Å²) in [6, 6.07) is 20.8. The molecule has 63 heavy (non-hydrogen) atoms. The van der Waals surface area contributed by atoms with Gasteiger partial charge in [0.15, 0.2) is 5.54 Å². The summed E-state index contributed by atoms with van der Waals surface area (Å²) < 4.78 is 20.8. The first-order valence-electron chi connectivity index (χ1n) is 22.6. The topological polar surface area (TPSA) is 149 Å². The van der Waals surface area contributed by atoms with Crippen LogP contribution < -0.4 is 26.0 Å². The number of aryl methyl sites for hydroxylation is 1. The van der Waals surface area contributed by atoms with E-state index in [9.17, 15) is 9.59 Å². The smallest absolute Gasteiger partial charge is 0.246 e. The minimum Gasteiger partial charge on any atom is -0.491 e. The lowest BCUT2D eigenvalue weighted by Crippen LogP contribution is -2.77. The van der Waals surface area contributed by atoms with Gasteiger partial charge in [0.25, 0.3) is 0 Å². The fourth-order valence-corrected chi connectivity index (χ4v) is 10.1. The summed E-state index contributed by atoms with van der Waals surface area (Å²) in [7, 11) is 0. The minimum absolute atomic E-state index is 0.0948. The Bertz CT molecular complexity index is 2160. The van der Waals surface area contributed by atoms with Crippen LogP contribution in [-0.4, -0.2) is 100 Å². The molecule has 6 atom stereocenters. The SMILES string of the molecule is CCCCC(CC)CNC1(C(=O)NC(C)C2(C(N)=O)CN(C(C)C)CCN2c2ccc(OC[C@@H]3CO[C@@](Cn4cncn4)(c4ccc(Cl)cc4Cl)O3)cc2)CCc2ccccc2C1. The average Bonchev–Trinajstić information content (AvgIpc) is 3.95. The van der Waals surface area contributed by atoms with Gasteiger partial charge in [0.2, 0.25) is 17.6 Å². The molecule has 0 spiro atoms. The summed E-state index contributed by atoms with van der Waals surface area (Å²) in [5, 5.41) is 12.4. The number of amides is 2. The van der Waals surface area contributed by atoms with Gasteiger partial charge in [0.05, 0.1) is 17.7 Å². The minimum atomic E-state index is -1.26. The van der Waals surface area contributed by atoms with Crippen molar-refractivity contribution < 1.29 is 23.8 Å². The van der Waals surface area contributed by atoms with Crippen LogP contribution in [0, 0.1) is 5.92 Å². The van der Waals surface area contributed by atoms with Gasteiger partial charge in [-0.2, -0.15) is 5.10 Å². The summed E-state index contributed by atoms with van der Waals surface area (Å²) in [5.74, 6) is -0.742. The van der Waals surface area contributed by atoms with Crippen molar-refractivity contribution >= 4 is 40.7 Å². The second-order valence-electron chi connectivity index (χ2n) is 17.9. The Labute approximate surface area is 382 Å². The fraction of sp³-hybridized carbons (Fsp3) is 0.542. The van der Waals surface area contributed by atoms with Crippen molar-refractivity contribution in [1.29, 1.82) is 0 Å². The van der Waals surface area contributed by atoms with Gasteiger partial charge in [-0.25, -0.2) is 9.67 Å². The number of halogens is 2. The highest BCUT2D eigenvalue weighted by Gasteiger charge is 2.54. The quantitative estimate of drug-likeness (QED) is 0.0906. The number of nitrogens with one attached hydrogen (secondary N) is 2. The lowest BCUT2D eigenvalue weighted by atomic mass is 9.76.